The summed E-state index contributed by atoms with van der Waals surface area (Å²) in [4.78, 5) is 32.9. The van der Waals surface area contributed by atoms with Crippen LogP contribution in [-0.2, 0) is 27.2 Å². The van der Waals surface area contributed by atoms with E-state index in [1.54, 1.807) is 24.3 Å². The lowest BCUT2D eigenvalue weighted by atomic mass is 10.00. The molecular weight excluding hydrogens is 234 g/mol. The Morgan fingerprint density at radius 1 is 1.11 bits per heavy atom. The van der Waals surface area contributed by atoms with Crippen molar-refractivity contribution in [1.29, 1.82) is 0 Å². The number of aliphatic carboxylic acids is 1. The number of carbonyl (C=O) groups is 3. The van der Waals surface area contributed by atoms with E-state index in [0.29, 0.717) is 0 Å². The van der Waals surface area contributed by atoms with Crippen LogP contribution in [0.5, 0.6) is 0 Å². The summed E-state index contributed by atoms with van der Waals surface area (Å²) in [6, 6.07) is 7.14. The van der Waals surface area contributed by atoms with E-state index in [1.165, 1.54) is 6.92 Å². The molecule has 96 valence electrons. The predicted molar refractivity (Wildman–Crippen MR) is 65.2 cm³/mol. The number of carboxylic acids is 1. The van der Waals surface area contributed by atoms with Crippen molar-refractivity contribution >= 4 is 17.7 Å². The van der Waals surface area contributed by atoms with Crippen LogP contribution < -0.4 is 5.32 Å². The maximum absolute atomic E-state index is 11.5. The molecule has 0 saturated carbocycles. The van der Waals surface area contributed by atoms with E-state index in [0.717, 1.165) is 11.1 Å². The molecule has 18 heavy (non-hydrogen) atoms. The Morgan fingerprint density at radius 2 is 1.67 bits per heavy atom. The molecule has 1 aromatic carbocycles. The van der Waals surface area contributed by atoms with E-state index in [2.05, 4.69) is 5.32 Å². The molecule has 5 nitrogen and oxygen atoms in total. The van der Waals surface area contributed by atoms with Crippen molar-refractivity contribution < 1.29 is 19.5 Å². The number of Topliss-reactive ketones (excluding diaryl/α,β-unsaturated/α-hetero) is 1. The molecule has 0 bridgehead atoms. The van der Waals surface area contributed by atoms with E-state index in [4.69, 9.17) is 5.11 Å². The van der Waals surface area contributed by atoms with Crippen molar-refractivity contribution in [3.8, 4) is 0 Å². The third-order valence-corrected chi connectivity index (χ3v) is 2.35. The van der Waals surface area contributed by atoms with Crippen LogP contribution in [0, 0.1) is 0 Å². The highest BCUT2D eigenvalue weighted by molar-refractivity contribution is 5.84. The van der Waals surface area contributed by atoms with Crippen molar-refractivity contribution in [2.75, 3.05) is 6.54 Å². The van der Waals surface area contributed by atoms with Crippen LogP contribution in [0.3, 0.4) is 0 Å². The fraction of sp³-hybridized carbons (Fsp3) is 0.308. The van der Waals surface area contributed by atoms with Crippen molar-refractivity contribution in [2.45, 2.75) is 19.8 Å². The molecule has 0 heterocycles. The minimum atomic E-state index is -1.08. The SMILES string of the molecule is CC(=O)Cc1ccccc1CC(=O)NCC(=O)O. The van der Waals surface area contributed by atoms with Crippen LogP contribution >= 0.6 is 0 Å². The van der Waals surface area contributed by atoms with Crippen molar-refractivity contribution in [2.24, 2.45) is 0 Å². The Labute approximate surface area is 105 Å². The summed E-state index contributed by atoms with van der Waals surface area (Å²) >= 11 is 0. The maximum Gasteiger partial charge on any atom is 0.322 e. The highest BCUT2D eigenvalue weighted by Crippen LogP contribution is 2.10. The second-order valence-corrected chi connectivity index (χ2v) is 3.99. The molecule has 0 aliphatic rings. The van der Waals surface area contributed by atoms with Gasteiger partial charge in [0.2, 0.25) is 5.91 Å². The Bertz CT molecular complexity index is 468. The Hall–Kier alpha value is -2.17. The summed E-state index contributed by atoms with van der Waals surface area (Å²) in [7, 11) is 0. The van der Waals surface area contributed by atoms with E-state index in [1.807, 2.05) is 0 Å². The summed E-state index contributed by atoms with van der Waals surface area (Å²) in [5.74, 6) is -1.43. The van der Waals surface area contributed by atoms with Gasteiger partial charge >= 0.3 is 5.97 Å². The summed E-state index contributed by atoms with van der Waals surface area (Å²) < 4.78 is 0. The molecule has 5 heteroatoms. The number of amides is 1. The van der Waals surface area contributed by atoms with Gasteiger partial charge in [-0.25, -0.2) is 0 Å². The lowest BCUT2D eigenvalue weighted by Crippen LogP contribution is -2.30. The minimum Gasteiger partial charge on any atom is -0.480 e. The van der Waals surface area contributed by atoms with Gasteiger partial charge in [-0.3, -0.25) is 14.4 Å². The molecule has 1 amide bonds. The molecule has 0 unspecified atom stereocenters. The fourth-order valence-electron chi connectivity index (χ4n) is 1.58. The first-order valence-corrected chi connectivity index (χ1v) is 5.53. The van der Waals surface area contributed by atoms with Gasteiger partial charge in [0.1, 0.15) is 12.3 Å². The van der Waals surface area contributed by atoms with Crippen LogP contribution in [0.4, 0.5) is 0 Å². The normalized spacial score (nSPS) is 9.83. The van der Waals surface area contributed by atoms with E-state index >= 15 is 0 Å². The third-order valence-electron chi connectivity index (χ3n) is 2.35. The molecule has 1 aromatic rings. The molecular formula is C13H15NO4. The number of nitrogens with one attached hydrogen (secondary N) is 1. The zero-order chi connectivity index (χ0) is 13.5. The molecule has 0 aromatic heterocycles. The van der Waals surface area contributed by atoms with Crippen molar-refractivity contribution in [3.05, 3.63) is 35.4 Å². The number of benzene rings is 1. The second-order valence-electron chi connectivity index (χ2n) is 3.99. The lowest BCUT2D eigenvalue weighted by molar-refractivity contribution is -0.137. The molecule has 0 radical (unpaired) electrons. The number of carboxylic acid groups (broad SMARTS) is 1. The number of carbonyl (C=O) groups excluding carboxylic acids is 2. The van der Waals surface area contributed by atoms with Gasteiger partial charge in [-0.1, -0.05) is 24.3 Å². The molecule has 2 N–H and O–H groups in total. The van der Waals surface area contributed by atoms with Crippen molar-refractivity contribution in [1.82, 2.24) is 5.32 Å². The standard InChI is InChI=1S/C13H15NO4/c1-9(15)6-10-4-2-3-5-11(10)7-12(16)14-8-13(17)18/h2-5H,6-8H2,1H3,(H,14,16)(H,17,18). The molecule has 1 rings (SSSR count). The zero-order valence-corrected chi connectivity index (χ0v) is 10.1. The molecule has 0 spiro atoms. The fourth-order valence-corrected chi connectivity index (χ4v) is 1.58. The molecule has 0 fully saturated rings. The minimum absolute atomic E-state index is 0.0217. The van der Waals surface area contributed by atoms with Gasteiger partial charge in [0.15, 0.2) is 0 Å². The maximum atomic E-state index is 11.5. The van der Waals surface area contributed by atoms with E-state index in [-0.39, 0.29) is 24.5 Å². The summed E-state index contributed by atoms with van der Waals surface area (Å²) in [5.41, 5.74) is 1.55. The lowest BCUT2D eigenvalue weighted by Gasteiger charge is -2.07. The number of rotatable bonds is 6. The van der Waals surface area contributed by atoms with Crippen LogP contribution in [0.1, 0.15) is 18.1 Å². The molecule has 0 aliphatic heterocycles. The van der Waals surface area contributed by atoms with E-state index < -0.39 is 12.5 Å². The van der Waals surface area contributed by atoms with Gasteiger partial charge in [0, 0.05) is 6.42 Å². The highest BCUT2D eigenvalue weighted by Gasteiger charge is 2.09. The van der Waals surface area contributed by atoms with Gasteiger partial charge in [0.25, 0.3) is 0 Å². The van der Waals surface area contributed by atoms with Gasteiger partial charge in [-0.2, -0.15) is 0 Å². The average molecular weight is 249 g/mol. The first-order valence-electron chi connectivity index (χ1n) is 5.53. The monoisotopic (exact) mass is 249 g/mol. The molecule has 0 atom stereocenters. The van der Waals surface area contributed by atoms with Gasteiger partial charge < -0.3 is 10.4 Å². The van der Waals surface area contributed by atoms with E-state index in [9.17, 15) is 14.4 Å². The summed E-state index contributed by atoms with van der Waals surface area (Å²) in [6.07, 6.45) is 0.360. The topological polar surface area (TPSA) is 83.5 Å². The first kappa shape index (κ1) is 13.9. The van der Waals surface area contributed by atoms with Gasteiger partial charge in [-0.05, 0) is 18.1 Å². The number of hydrogen-bond donors (Lipinski definition) is 2. The Morgan fingerprint density at radius 3 is 2.17 bits per heavy atom. The van der Waals surface area contributed by atoms with Crippen molar-refractivity contribution in [3.63, 3.8) is 0 Å². The highest BCUT2D eigenvalue weighted by atomic mass is 16.4. The summed E-state index contributed by atoms with van der Waals surface area (Å²) in [5, 5.41) is 10.7. The van der Waals surface area contributed by atoms with Gasteiger partial charge in [0.05, 0.1) is 6.42 Å². The van der Waals surface area contributed by atoms with Crippen LogP contribution in [0.25, 0.3) is 0 Å². The smallest absolute Gasteiger partial charge is 0.322 e. The predicted octanol–water partition coefficient (Wildman–Crippen LogP) is 0.561. The zero-order valence-electron chi connectivity index (χ0n) is 10.1. The largest absolute Gasteiger partial charge is 0.480 e. The quantitative estimate of drug-likeness (QED) is 0.771. The second kappa shape index (κ2) is 6.54. The molecule has 0 saturated heterocycles. The third kappa shape index (κ3) is 4.78. The average Bonchev–Trinajstić information content (AvgIpc) is 2.28. The summed E-state index contributed by atoms with van der Waals surface area (Å²) in [6.45, 7) is 1.09. The van der Waals surface area contributed by atoms with Gasteiger partial charge in [-0.15, -0.1) is 0 Å². The first-order chi connectivity index (χ1) is 8.49. The Balaban J connectivity index is 2.68. The number of ketones is 1. The Kier molecular flexibility index (Phi) is 5.05. The van der Waals surface area contributed by atoms with Crippen LogP contribution in [-0.4, -0.2) is 29.3 Å². The number of hydrogen-bond acceptors (Lipinski definition) is 3. The van der Waals surface area contributed by atoms with Crippen LogP contribution in [0.2, 0.25) is 0 Å². The van der Waals surface area contributed by atoms with Crippen LogP contribution in [0.15, 0.2) is 24.3 Å². The molecule has 0 aliphatic carbocycles.